The predicted octanol–water partition coefficient (Wildman–Crippen LogP) is 3.81. The Labute approximate surface area is 164 Å². The number of nitrogens with zero attached hydrogens (tertiary/aromatic N) is 1. The van der Waals surface area contributed by atoms with Gasteiger partial charge in [-0.05, 0) is 52.2 Å². The average molecular weight is 407 g/mol. The molecule has 1 amide bonds. The maximum atomic E-state index is 13.3. The molecule has 1 aromatic heterocycles. The maximum absolute atomic E-state index is 13.3. The van der Waals surface area contributed by atoms with Crippen LogP contribution in [0.15, 0.2) is 33.6 Å². The number of fused-ring (bicyclic) bond motifs is 1. The van der Waals surface area contributed by atoms with Crippen molar-refractivity contribution in [3.05, 3.63) is 30.0 Å². The molecule has 28 heavy (non-hydrogen) atoms. The number of furan rings is 1. The highest BCUT2D eigenvalue weighted by Crippen LogP contribution is 2.33. The Kier molecular flexibility index (Phi) is 5.27. The molecule has 2 heterocycles. The highest BCUT2D eigenvalue weighted by atomic mass is 32.2. The number of rotatable bonds is 3. The third-order valence-corrected chi connectivity index (χ3v) is 5.72. The van der Waals surface area contributed by atoms with Gasteiger partial charge in [-0.25, -0.2) is 13.2 Å². The van der Waals surface area contributed by atoms with Crippen LogP contribution in [0.4, 0.5) is 4.79 Å². The van der Waals surface area contributed by atoms with E-state index in [1.807, 2.05) is 0 Å². The number of carbonyl (C=O) groups excluding carboxylic acids is 2. The SMILES string of the molecule is CC(C)(C)OC(=O)N1CCCCC1C(=O)c1oc2ccccc2c1S(C)(=O)=O. The second kappa shape index (κ2) is 7.24. The number of benzene rings is 1. The number of hydrogen-bond donors (Lipinski definition) is 0. The molecule has 3 rings (SSSR count). The molecule has 0 radical (unpaired) electrons. The Morgan fingerprint density at radius 1 is 1.18 bits per heavy atom. The van der Waals surface area contributed by atoms with Gasteiger partial charge in [0.25, 0.3) is 0 Å². The lowest BCUT2D eigenvalue weighted by Crippen LogP contribution is -2.49. The summed E-state index contributed by atoms with van der Waals surface area (Å²) in [5, 5.41) is 0.368. The molecular formula is C20H25NO6S. The Morgan fingerprint density at radius 2 is 1.86 bits per heavy atom. The Morgan fingerprint density at radius 3 is 2.50 bits per heavy atom. The first-order chi connectivity index (χ1) is 13.0. The number of piperidine rings is 1. The first kappa shape index (κ1) is 20.4. The molecule has 7 nitrogen and oxygen atoms in total. The minimum Gasteiger partial charge on any atom is -0.451 e. The lowest BCUT2D eigenvalue weighted by Gasteiger charge is -2.35. The molecule has 1 aliphatic heterocycles. The second-order valence-electron chi connectivity index (χ2n) is 8.08. The van der Waals surface area contributed by atoms with E-state index in [9.17, 15) is 18.0 Å². The highest BCUT2D eigenvalue weighted by molar-refractivity contribution is 7.91. The molecule has 1 atom stereocenters. The highest BCUT2D eigenvalue weighted by Gasteiger charge is 2.39. The van der Waals surface area contributed by atoms with Gasteiger partial charge >= 0.3 is 6.09 Å². The van der Waals surface area contributed by atoms with E-state index >= 15 is 0 Å². The van der Waals surface area contributed by atoms with Gasteiger partial charge < -0.3 is 9.15 Å². The maximum Gasteiger partial charge on any atom is 0.410 e. The molecule has 0 bridgehead atoms. The molecule has 8 heteroatoms. The van der Waals surface area contributed by atoms with Gasteiger partial charge in [0.1, 0.15) is 22.1 Å². The third kappa shape index (κ3) is 4.06. The smallest absolute Gasteiger partial charge is 0.410 e. The second-order valence-corrected chi connectivity index (χ2v) is 10.0. The monoisotopic (exact) mass is 407 g/mol. The van der Waals surface area contributed by atoms with Crippen LogP contribution in [-0.2, 0) is 14.6 Å². The summed E-state index contributed by atoms with van der Waals surface area (Å²) in [4.78, 5) is 27.2. The topological polar surface area (TPSA) is 93.9 Å². The van der Waals surface area contributed by atoms with Crippen molar-refractivity contribution in [2.24, 2.45) is 0 Å². The number of hydrogen-bond acceptors (Lipinski definition) is 6. The van der Waals surface area contributed by atoms with Gasteiger partial charge in [-0.3, -0.25) is 9.69 Å². The molecule has 1 fully saturated rings. The zero-order valence-electron chi connectivity index (χ0n) is 16.5. The molecule has 1 aromatic carbocycles. The minimum absolute atomic E-state index is 0.122. The number of carbonyl (C=O) groups is 2. The van der Waals surface area contributed by atoms with Crippen molar-refractivity contribution in [2.45, 2.75) is 56.6 Å². The summed E-state index contributed by atoms with van der Waals surface area (Å²) in [6.07, 6.45) is 2.40. The zero-order valence-corrected chi connectivity index (χ0v) is 17.3. The largest absolute Gasteiger partial charge is 0.451 e. The molecule has 0 spiro atoms. The molecule has 2 aromatic rings. The van der Waals surface area contributed by atoms with Gasteiger partial charge in [0.05, 0.1) is 0 Å². The molecule has 152 valence electrons. The third-order valence-electron chi connectivity index (χ3n) is 4.58. The molecule has 0 aliphatic carbocycles. The summed E-state index contributed by atoms with van der Waals surface area (Å²) in [5.74, 6) is -0.730. The van der Waals surface area contributed by atoms with Crippen LogP contribution in [0.3, 0.4) is 0 Å². The van der Waals surface area contributed by atoms with Gasteiger partial charge in [-0.15, -0.1) is 0 Å². The lowest BCUT2D eigenvalue weighted by molar-refractivity contribution is 0.0100. The number of amides is 1. The number of sulfone groups is 1. The number of ether oxygens (including phenoxy) is 1. The van der Waals surface area contributed by atoms with E-state index in [0.29, 0.717) is 23.9 Å². The van der Waals surface area contributed by atoms with Crippen LogP contribution >= 0.6 is 0 Å². The first-order valence-electron chi connectivity index (χ1n) is 9.24. The van der Waals surface area contributed by atoms with Gasteiger partial charge in [0, 0.05) is 18.2 Å². The van der Waals surface area contributed by atoms with Crippen LogP contribution < -0.4 is 0 Å². The van der Waals surface area contributed by atoms with E-state index in [0.717, 1.165) is 19.1 Å². The summed E-state index contributed by atoms with van der Waals surface area (Å²) in [7, 11) is -3.72. The fraction of sp³-hybridized carbons (Fsp3) is 0.500. The van der Waals surface area contributed by atoms with Crippen molar-refractivity contribution >= 4 is 32.7 Å². The molecule has 1 unspecified atom stereocenters. The van der Waals surface area contributed by atoms with Crippen LogP contribution in [0.5, 0.6) is 0 Å². The zero-order chi connectivity index (χ0) is 20.7. The first-order valence-corrected chi connectivity index (χ1v) is 11.1. The summed E-state index contributed by atoms with van der Waals surface area (Å²) < 4.78 is 35.9. The van der Waals surface area contributed by atoms with E-state index in [1.54, 1.807) is 45.0 Å². The van der Waals surface area contributed by atoms with Crippen molar-refractivity contribution in [3.8, 4) is 0 Å². The van der Waals surface area contributed by atoms with E-state index in [4.69, 9.17) is 9.15 Å². The van der Waals surface area contributed by atoms with Gasteiger partial charge in [0.2, 0.25) is 5.78 Å². The lowest BCUT2D eigenvalue weighted by atomic mass is 9.97. The van der Waals surface area contributed by atoms with E-state index < -0.39 is 33.4 Å². The van der Waals surface area contributed by atoms with Crippen LogP contribution in [-0.4, -0.2) is 49.6 Å². The van der Waals surface area contributed by atoms with Crippen molar-refractivity contribution in [1.29, 1.82) is 0 Å². The molecular weight excluding hydrogens is 382 g/mol. The van der Waals surface area contributed by atoms with Crippen molar-refractivity contribution in [1.82, 2.24) is 4.90 Å². The Balaban J connectivity index is 2.04. The molecule has 1 aliphatic rings. The normalized spacial score (nSPS) is 18.3. The predicted molar refractivity (Wildman–Crippen MR) is 104 cm³/mol. The van der Waals surface area contributed by atoms with Crippen molar-refractivity contribution in [2.75, 3.05) is 12.8 Å². The standard InChI is InChI=1S/C20H25NO6S/c1-20(2,3)27-19(23)21-12-8-7-10-14(21)16(22)17-18(28(4,24)25)13-9-5-6-11-15(13)26-17/h5-6,9,11,14H,7-8,10,12H2,1-4H3. The summed E-state index contributed by atoms with van der Waals surface area (Å²) in [5.41, 5.74) is -0.370. The fourth-order valence-electron chi connectivity index (χ4n) is 3.45. The number of ketones is 1. The van der Waals surface area contributed by atoms with Gasteiger partial charge in [-0.1, -0.05) is 12.1 Å². The van der Waals surface area contributed by atoms with Crippen molar-refractivity contribution < 1.29 is 27.2 Å². The van der Waals surface area contributed by atoms with E-state index in [1.165, 1.54) is 4.90 Å². The van der Waals surface area contributed by atoms with Gasteiger partial charge in [0.15, 0.2) is 15.6 Å². The van der Waals surface area contributed by atoms with Crippen molar-refractivity contribution in [3.63, 3.8) is 0 Å². The number of likely N-dealkylation sites (tertiary alicyclic amines) is 1. The summed E-state index contributed by atoms with van der Waals surface area (Å²) in [6, 6.07) is 5.81. The van der Waals surface area contributed by atoms with Crippen LogP contribution in [0.25, 0.3) is 11.0 Å². The van der Waals surface area contributed by atoms with Crippen LogP contribution in [0, 0.1) is 0 Å². The van der Waals surface area contributed by atoms with Crippen LogP contribution in [0.1, 0.15) is 50.6 Å². The fourth-order valence-corrected chi connectivity index (χ4v) is 4.49. The molecule has 0 N–H and O–H groups in total. The summed E-state index contributed by atoms with van der Waals surface area (Å²) >= 11 is 0. The minimum atomic E-state index is -3.72. The van der Waals surface area contributed by atoms with E-state index in [-0.39, 0.29) is 10.7 Å². The number of Topliss-reactive ketones (excluding diaryl/α,β-unsaturated/α-hetero) is 1. The summed E-state index contributed by atoms with van der Waals surface area (Å²) in [6.45, 7) is 5.64. The number of para-hydroxylation sites is 1. The van der Waals surface area contributed by atoms with Crippen LogP contribution in [0.2, 0.25) is 0 Å². The molecule has 0 saturated carbocycles. The van der Waals surface area contributed by atoms with Gasteiger partial charge in [-0.2, -0.15) is 0 Å². The quantitative estimate of drug-likeness (QED) is 0.718. The van der Waals surface area contributed by atoms with E-state index in [2.05, 4.69) is 0 Å². The molecule has 1 saturated heterocycles. The Bertz CT molecular complexity index is 1010. The Hall–Kier alpha value is -2.35. The average Bonchev–Trinajstić information content (AvgIpc) is 2.99.